The summed E-state index contributed by atoms with van der Waals surface area (Å²) in [4.78, 5) is 0. The van der Waals surface area contributed by atoms with Crippen LogP contribution < -0.4 is 0 Å². The molecule has 2 rings (SSSR count). The lowest BCUT2D eigenvalue weighted by molar-refractivity contribution is -0.0419. The van der Waals surface area contributed by atoms with Gasteiger partial charge in [0.1, 0.15) is 17.7 Å². The minimum Gasteiger partial charge on any atom is -0.385 e. The van der Waals surface area contributed by atoms with E-state index in [-0.39, 0.29) is 11.1 Å². The Hall–Kier alpha value is -1.47. The monoisotopic (exact) mass is 209 g/mol. The van der Waals surface area contributed by atoms with Crippen molar-refractivity contribution in [3.63, 3.8) is 0 Å². The molecule has 0 aliphatic heterocycles. The van der Waals surface area contributed by atoms with Crippen LogP contribution in [0.1, 0.15) is 30.4 Å². The van der Waals surface area contributed by atoms with Crippen molar-refractivity contribution in [1.82, 2.24) is 0 Å². The Labute approximate surface area is 85.8 Å². The molecular weight excluding hydrogens is 200 g/mol. The molecule has 15 heavy (non-hydrogen) atoms. The van der Waals surface area contributed by atoms with Crippen LogP contribution in [0.2, 0.25) is 0 Å². The van der Waals surface area contributed by atoms with Crippen molar-refractivity contribution in [2.24, 2.45) is 0 Å². The summed E-state index contributed by atoms with van der Waals surface area (Å²) in [5.41, 5.74) is -1.61. The molecule has 1 aliphatic carbocycles. The van der Waals surface area contributed by atoms with E-state index in [1.54, 1.807) is 6.07 Å². The first-order valence-corrected chi connectivity index (χ1v) is 4.69. The Kier molecular flexibility index (Phi) is 2.20. The summed E-state index contributed by atoms with van der Waals surface area (Å²) in [6, 6.07) is 3.31. The molecule has 0 radical (unpaired) electrons. The number of hydrogen-bond donors (Lipinski definition) is 1. The van der Waals surface area contributed by atoms with Crippen molar-refractivity contribution in [3.05, 3.63) is 34.9 Å². The van der Waals surface area contributed by atoms with E-state index in [2.05, 4.69) is 0 Å². The molecule has 1 aliphatic rings. The quantitative estimate of drug-likeness (QED) is 0.770. The zero-order valence-corrected chi connectivity index (χ0v) is 7.93. The van der Waals surface area contributed by atoms with Crippen molar-refractivity contribution in [1.29, 1.82) is 5.26 Å². The number of nitrogens with zero attached hydrogens (tertiary/aromatic N) is 1. The van der Waals surface area contributed by atoms with Crippen LogP contribution in [0.15, 0.2) is 12.1 Å². The number of aliphatic hydroxyl groups is 1. The maximum atomic E-state index is 13.5. The molecule has 2 nitrogen and oxygen atoms in total. The molecule has 78 valence electrons. The summed E-state index contributed by atoms with van der Waals surface area (Å²) in [6.45, 7) is 0. The van der Waals surface area contributed by atoms with Crippen LogP contribution in [0.5, 0.6) is 0 Å². The summed E-state index contributed by atoms with van der Waals surface area (Å²) in [6.07, 6.45) is 1.68. The van der Waals surface area contributed by atoms with E-state index in [9.17, 15) is 13.9 Å². The molecule has 1 fully saturated rings. The number of halogens is 2. The Morgan fingerprint density at radius 1 is 1.27 bits per heavy atom. The Bertz CT molecular complexity index is 447. The van der Waals surface area contributed by atoms with E-state index < -0.39 is 17.2 Å². The molecule has 0 aromatic heterocycles. The first-order chi connectivity index (χ1) is 7.07. The van der Waals surface area contributed by atoms with Gasteiger partial charge in [0, 0.05) is 5.56 Å². The van der Waals surface area contributed by atoms with Gasteiger partial charge in [-0.3, -0.25) is 0 Å². The minimum atomic E-state index is -1.24. The van der Waals surface area contributed by atoms with Gasteiger partial charge in [-0.2, -0.15) is 5.26 Å². The van der Waals surface area contributed by atoms with Gasteiger partial charge in [-0.1, -0.05) is 0 Å². The van der Waals surface area contributed by atoms with E-state index in [1.807, 2.05) is 0 Å². The fourth-order valence-corrected chi connectivity index (χ4v) is 1.77. The molecular formula is C11H9F2NO. The molecule has 1 aromatic rings. The van der Waals surface area contributed by atoms with Crippen molar-refractivity contribution >= 4 is 0 Å². The molecule has 0 atom stereocenters. The van der Waals surface area contributed by atoms with Crippen LogP contribution in [0.25, 0.3) is 0 Å². The molecule has 0 spiro atoms. The van der Waals surface area contributed by atoms with E-state index in [4.69, 9.17) is 5.26 Å². The lowest BCUT2D eigenvalue weighted by atomic mass is 9.75. The van der Waals surface area contributed by atoms with Crippen LogP contribution in [0, 0.1) is 23.0 Å². The Morgan fingerprint density at radius 3 is 2.40 bits per heavy atom. The zero-order chi connectivity index (χ0) is 11.1. The lowest BCUT2D eigenvalue weighted by Crippen LogP contribution is -2.34. The predicted molar refractivity (Wildman–Crippen MR) is 48.8 cm³/mol. The van der Waals surface area contributed by atoms with Gasteiger partial charge >= 0.3 is 0 Å². The summed E-state index contributed by atoms with van der Waals surface area (Å²) >= 11 is 0. The SMILES string of the molecule is N#Cc1cc(F)c(C2(O)CCC2)cc1F. The predicted octanol–water partition coefficient (Wildman–Crippen LogP) is 2.21. The van der Waals surface area contributed by atoms with Crippen LogP contribution in [0.3, 0.4) is 0 Å². The van der Waals surface area contributed by atoms with E-state index in [0.29, 0.717) is 12.8 Å². The highest BCUT2D eigenvalue weighted by Crippen LogP contribution is 2.42. The first kappa shape index (κ1) is 10.1. The Morgan fingerprint density at radius 2 is 1.93 bits per heavy atom. The van der Waals surface area contributed by atoms with Gasteiger partial charge in [0.15, 0.2) is 0 Å². The lowest BCUT2D eigenvalue weighted by Gasteiger charge is -2.37. The summed E-state index contributed by atoms with van der Waals surface area (Å²) in [5.74, 6) is -1.50. The van der Waals surface area contributed by atoms with Gasteiger partial charge in [0.2, 0.25) is 0 Å². The first-order valence-electron chi connectivity index (χ1n) is 4.69. The third-order valence-electron chi connectivity index (χ3n) is 2.86. The minimum absolute atomic E-state index is 0.0368. The van der Waals surface area contributed by atoms with Crippen LogP contribution in [-0.4, -0.2) is 5.11 Å². The van der Waals surface area contributed by atoms with Gasteiger partial charge < -0.3 is 5.11 Å². The average Bonchev–Trinajstić information content (AvgIpc) is 2.17. The topological polar surface area (TPSA) is 44.0 Å². The summed E-state index contributed by atoms with van der Waals surface area (Å²) < 4.78 is 26.7. The van der Waals surface area contributed by atoms with Gasteiger partial charge in [0.05, 0.1) is 11.2 Å². The van der Waals surface area contributed by atoms with Crippen molar-refractivity contribution in [2.75, 3.05) is 0 Å². The zero-order valence-electron chi connectivity index (χ0n) is 7.93. The molecule has 1 aromatic carbocycles. The number of rotatable bonds is 1. The second-order valence-corrected chi connectivity index (χ2v) is 3.81. The standard InChI is InChI=1S/C11H9F2NO/c12-9-5-8(11(15)2-1-3-11)10(13)4-7(9)6-14/h4-5,15H,1-3H2. The molecule has 4 heteroatoms. The molecule has 0 unspecified atom stereocenters. The normalized spacial score (nSPS) is 18.0. The third kappa shape index (κ3) is 1.49. The van der Waals surface area contributed by atoms with Gasteiger partial charge in [-0.15, -0.1) is 0 Å². The number of hydrogen-bond acceptors (Lipinski definition) is 2. The molecule has 0 bridgehead atoms. The Balaban J connectivity index is 2.50. The maximum Gasteiger partial charge on any atom is 0.141 e. The van der Waals surface area contributed by atoms with Crippen LogP contribution in [0.4, 0.5) is 8.78 Å². The second-order valence-electron chi connectivity index (χ2n) is 3.81. The fraction of sp³-hybridized carbons (Fsp3) is 0.364. The van der Waals surface area contributed by atoms with E-state index >= 15 is 0 Å². The highest BCUT2D eigenvalue weighted by Gasteiger charge is 2.39. The van der Waals surface area contributed by atoms with E-state index in [1.165, 1.54) is 0 Å². The number of benzene rings is 1. The van der Waals surface area contributed by atoms with Gasteiger partial charge in [0.25, 0.3) is 0 Å². The van der Waals surface area contributed by atoms with Gasteiger partial charge in [-0.25, -0.2) is 8.78 Å². The molecule has 0 saturated heterocycles. The largest absolute Gasteiger partial charge is 0.385 e. The summed E-state index contributed by atoms with van der Waals surface area (Å²) in [5, 5.41) is 18.3. The second kappa shape index (κ2) is 3.28. The van der Waals surface area contributed by atoms with Crippen molar-refractivity contribution < 1.29 is 13.9 Å². The summed E-state index contributed by atoms with van der Waals surface area (Å²) in [7, 11) is 0. The van der Waals surface area contributed by atoms with E-state index in [0.717, 1.165) is 18.6 Å². The molecule has 0 heterocycles. The fourth-order valence-electron chi connectivity index (χ4n) is 1.77. The smallest absolute Gasteiger partial charge is 0.141 e. The average molecular weight is 209 g/mol. The van der Waals surface area contributed by atoms with Crippen molar-refractivity contribution in [3.8, 4) is 6.07 Å². The molecule has 1 saturated carbocycles. The highest BCUT2D eigenvalue weighted by atomic mass is 19.1. The highest BCUT2D eigenvalue weighted by molar-refractivity contribution is 5.37. The van der Waals surface area contributed by atoms with Gasteiger partial charge in [-0.05, 0) is 31.4 Å². The van der Waals surface area contributed by atoms with Crippen molar-refractivity contribution in [2.45, 2.75) is 24.9 Å². The van der Waals surface area contributed by atoms with Crippen LogP contribution in [-0.2, 0) is 5.60 Å². The number of nitriles is 1. The molecule has 1 N–H and O–H groups in total. The maximum absolute atomic E-state index is 13.5. The third-order valence-corrected chi connectivity index (χ3v) is 2.86. The molecule has 0 amide bonds. The van der Waals surface area contributed by atoms with Crippen LogP contribution >= 0.6 is 0 Å².